The number of likely N-dealkylation sites (tertiary alicyclic amines) is 1. The number of rotatable bonds is 13. The Labute approximate surface area is 399 Å². The molecule has 70 heavy (non-hydrogen) atoms. The average Bonchev–Trinajstić information content (AvgIpc) is 4.14. The molecule has 3 N–H and O–H groups in total. The summed E-state index contributed by atoms with van der Waals surface area (Å²) in [7, 11) is 0. The van der Waals surface area contributed by atoms with Crippen molar-refractivity contribution in [3.05, 3.63) is 108 Å². The molecular weight excluding hydrogens is 919 g/mol. The van der Waals surface area contributed by atoms with Crippen LogP contribution in [-0.4, -0.2) is 107 Å². The molecule has 368 valence electrons. The number of piperazine rings is 1. The Kier molecular flexibility index (Phi) is 14.5. The molecule has 6 heterocycles. The molecule has 0 radical (unpaired) electrons. The van der Waals surface area contributed by atoms with E-state index in [1.807, 2.05) is 30.3 Å². The number of carbonyl (C=O) groups excluding carboxylic acids is 2. The van der Waals surface area contributed by atoms with Crippen molar-refractivity contribution in [2.75, 3.05) is 59.7 Å². The van der Waals surface area contributed by atoms with Gasteiger partial charge in [0.2, 0.25) is 23.7 Å². The van der Waals surface area contributed by atoms with Crippen LogP contribution in [0.1, 0.15) is 56.1 Å². The van der Waals surface area contributed by atoms with Crippen LogP contribution in [0, 0.1) is 0 Å². The van der Waals surface area contributed by atoms with E-state index in [0.717, 1.165) is 90.3 Å². The maximum absolute atomic E-state index is 12.4. The van der Waals surface area contributed by atoms with Crippen LogP contribution in [0.4, 0.5) is 49.6 Å². The fourth-order valence-electron chi connectivity index (χ4n) is 9.52. The van der Waals surface area contributed by atoms with E-state index >= 15 is 0 Å². The Morgan fingerprint density at radius 2 is 1.14 bits per heavy atom. The van der Waals surface area contributed by atoms with E-state index in [0.29, 0.717) is 42.3 Å². The van der Waals surface area contributed by atoms with Crippen molar-refractivity contribution in [2.24, 2.45) is 0 Å². The highest BCUT2D eigenvalue weighted by molar-refractivity contribution is 5.94. The summed E-state index contributed by atoms with van der Waals surface area (Å²) in [6, 6.07) is 23.7. The summed E-state index contributed by atoms with van der Waals surface area (Å²) in [4.78, 5) is 50.5. The topological polar surface area (TPSA) is 150 Å². The zero-order valence-corrected chi connectivity index (χ0v) is 38.1. The largest absolute Gasteiger partial charge is 0.573 e. The summed E-state index contributed by atoms with van der Waals surface area (Å²) >= 11 is 0. The van der Waals surface area contributed by atoms with E-state index in [2.05, 4.69) is 50.1 Å². The first-order chi connectivity index (χ1) is 33.6. The van der Waals surface area contributed by atoms with Crippen LogP contribution in [0.5, 0.6) is 11.5 Å². The molecule has 2 bridgehead atoms. The molecular formula is C50H52F6N10O4. The number of halogens is 6. The lowest BCUT2D eigenvalue weighted by molar-refractivity contribution is -0.275. The molecule has 0 spiro atoms. The Morgan fingerprint density at radius 1 is 0.643 bits per heavy atom. The number of benzene rings is 4. The van der Waals surface area contributed by atoms with Gasteiger partial charge in [-0.2, -0.15) is 0 Å². The summed E-state index contributed by atoms with van der Waals surface area (Å²) in [5, 5.41) is 10.9. The summed E-state index contributed by atoms with van der Waals surface area (Å²) < 4.78 is 81.3. The van der Waals surface area contributed by atoms with Gasteiger partial charge in [0.1, 0.15) is 11.5 Å². The number of nitrogens with zero attached hydrogens (tertiary/aromatic N) is 7. The minimum absolute atomic E-state index is 0.187. The van der Waals surface area contributed by atoms with E-state index in [-0.39, 0.29) is 36.2 Å². The Morgan fingerprint density at radius 3 is 1.61 bits per heavy atom. The highest BCUT2D eigenvalue weighted by atomic mass is 19.4. The third-order valence-corrected chi connectivity index (χ3v) is 13.0. The second-order valence-corrected chi connectivity index (χ2v) is 18.0. The highest BCUT2D eigenvalue weighted by Gasteiger charge is 2.39. The van der Waals surface area contributed by atoms with Gasteiger partial charge < -0.3 is 40.1 Å². The van der Waals surface area contributed by atoms with E-state index in [1.54, 1.807) is 18.5 Å². The standard InChI is InChI=1S/C27H30F3N5O2.C23H22F3N5O2/c28-27(29,30)37-23-7-3-19(4-8-23)5-10-25(36)32-21-6-9-24-20(17-21)18-31-26(33-24)35-15-11-22(12-16-35)34-13-1-2-14-34;24-23(25,26)33-19-5-1-14(2-6-19)3-8-21(32)29-16-4-7-20-15(9-16)11-28-22(30-20)31-13-17-10-18(31)12-27-17/h3-4,6-9,17-18,22H,1-2,5,10-16H2,(H,32,36);1-2,4-7,9,11,17-18,27H,3,8,10,12-13H2,(H,29,32). The lowest BCUT2D eigenvalue weighted by Gasteiger charge is -2.36. The average molecular weight is 971 g/mol. The van der Waals surface area contributed by atoms with Gasteiger partial charge in [0.05, 0.1) is 11.0 Å². The van der Waals surface area contributed by atoms with E-state index < -0.39 is 12.7 Å². The van der Waals surface area contributed by atoms with Gasteiger partial charge in [-0.3, -0.25) is 9.59 Å². The first kappa shape index (κ1) is 48.2. The molecule has 4 aliphatic rings. The number of amides is 2. The molecule has 2 amide bonds. The van der Waals surface area contributed by atoms with Crippen LogP contribution >= 0.6 is 0 Å². The number of aromatic nitrogens is 4. The van der Waals surface area contributed by atoms with Crippen LogP contribution in [0.15, 0.2) is 97.3 Å². The van der Waals surface area contributed by atoms with E-state index in [1.165, 1.54) is 74.5 Å². The maximum Gasteiger partial charge on any atom is 0.573 e. The van der Waals surface area contributed by atoms with Gasteiger partial charge in [-0.25, -0.2) is 19.9 Å². The number of aryl methyl sites for hydroxylation is 2. The number of fused-ring (bicyclic) bond motifs is 4. The number of ether oxygens (including phenoxy) is 2. The van der Waals surface area contributed by atoms with Gasteiger partial charge in [0, 0.05) is 91.7 Å². The van der Waals surface area contributed by atoms with Crippen molar-refractivity contribution < 1.29 is 45.4 Å². The number of hydrogen-bond acceptors (Lipinski definition) is 12. The Balaban J connectivity index is 0.000000175. The third-order valence-electron chi connectivity index (χ3n) is 13.0. The van der Waals surface area contributed by atoms with Gasteiger partial charge in [-0.1, -0.05) is 24.3 Å². The summed E-state index contributed by atoms with van der Waals surface area (Å²) in [5.41, 5.74) is 4.41. The first-order valence-electron chi connectivity index (χ1n) is 23.5. The van der Waals surface area contributed by atoms with Crippen molar-refractivity contribution in [1.82, 2.24) is 30.2 Å². The second-order valence-electron chi connectivity index (χ2n) is 18.0. The molecule has 2 unspecified atom stereocenters. The Bertz CT molecular complexity index is 2770. The number of anilines is 4. The van der Waals surface area contributed by atoms with Gasteiger partial charge >= 0.3 is 12.7 Å². The molecule has 6 aromatic rings. The lowest BCUT2D eigenvalue weighted by atomic mass is 10.0. The van der Waals surface area contributed by atoms with Crippen LogP contribution in [-0.2, 0) is 22.4 Å². The number of carbonyl (C=O) groups is 2. The fourth-order valence-corrected chi connectivity index (χ4v) is 9.52. The molecule has 2 atom stereocenters. The van der Waals surface area contributed by atoms with Crippen molar-refractivity contribution in [1.29, 1.82) is 0 Å². The zero-order chi connectivity index (χ0) is 48.8. The predicted octanol–water partition coefficient (Wildman–Crippen LogP) is 8.81. The monoisotopic (exact) mass is 970 g/mol. The normalized spacial score (nSPS) is 18.5. The minimum atomic E-state index is -4.72. The minimum Gasteiger partial charge on any atom is -0.406 e. The van der Waals surface area contributed by atoms with Crippen molar-refractivity contribution in [2.45, 2.75) is 88.6 Å². The quantitative estimate of drug-likeness (QED) is 0.0950. The molecule has 4 saturated heterocycles. The van der Waals surface area contributed by atoms with Gasteiger partial charge in [0.25, 0.3) is 0 Å². The maximum atomic E-state index is 12.4. The molecule has 4 aliphatic heterocycles. The number of piperidine rings is 1. The SMILES string of the molecule is O=C(CCc1ccc(OC(F)(F)F)cc1)Nc1ccc2nc(N3CC4CC3CN4)ncc2c1.O=C(CCc1ccc(OC(F)(F)F)cc1)Nc1ccc2nc(N3CCC(N4CCCC4)CC3)ncc2c1. The number of alkyl halides is 6. The number of hydrogen-bond donors (Lipinski definition) is 3. The smallest absolute Gasteiger partial charge is 0.406 e. The molecule has 10 rings (SSSR count). The van der Waals surface area contributed by atoms with E-state index in [4.69, 9.17) is 9.97 Å². The lowest BCUT2D eigenvalue weighted by Crippen LogP contribution is -2.44. The fraction of sp³-hybridized carbons (Fsp3) is 0.400. The van der Waals surface area contributed by atoms with Crippen LogP contribution in [0.25, 0.3) is 21.8 Å². The molecule has 2 aromatic heterocycles. The number of nitrogens with one attached hydrogen (secondary N) is 3. The first-order valence-corrected chi connectivity index (χ1v) is 23.5. The van der Waals surface area contributed by atoms with E-state index in [9.17, 15) is 35.9 Å². The summed E-state index contributed by atoms with van der Waals surface area (Å²) in [6.45, 7) is 6.25. The molecule has 14 nitrogen and oxygen atoms in total. The summed E-state index contributed by atoms with van der Waals surface area (Å²) in [6.07, 6.45) is 1.33. The highest BCUT2D eigenvalue weighted by Crippen LogP contribution is 2.30. The Hall–Kier alpha value is -6.80. The second kappa shape index (κ2) is 21.1. The molecule has 0 saturated carbocycles. The van der Waals surface area contributed by atoms with Gasteiger partial charge in [-0.15, -0.1) is 26.3 Å². The van der Waals surface area contributed by atoms with Gasteiger partial charge in [-0.05, 0) is 130 Å². The van der Waals surface area contributed by atoms with Crippen LogP contribution in [0.2, 0.25) is 0 Å². The van der Waals surface area contributed by atoms with Crippen molar-refractivity contribution in [3.8, 4) is 11.5 Å². The van der Waals surface area contributed by atoms with Crippen molar-refractivity contribution >= 4 is 56.9 Å². The van der Waals surface area contributed by atoms with Crippen molar-refractivity contribution in [3.63, 3.8) is 0 Å². The van der Waals surface area contributed by atoms with Gasteiger partial charge in [0.15, 0.2) is 0 Å². The molecule has 20 heteroatoms. The predicted molar refractivity (Wildman–Crippen MR) is 253 cm³/mol. The van der Waals surface area contributed by atoms with Crippen LogP contribution in [0.3, 0.4) is 0 Å². The summed E-state index contributed by atoms with van der Waals surface area (Å²) in [5.74, 6) is 0.534. The third kappa shape index (κ3) is 12.9. The molecule has 4 fully saturated rings. The molecule has 0 aliphatic carbocycles. The zero-order valence-electron chi connectivity index (χ0n) is 38.1. The van der Waals surface area contributed by atoms with Crippen LogP contribution < -0.4 is 35.2 Å². The molecule has 4 aromatic carbocycles.